The standard InChI is InChI=1S/C20H22O3/c1-12-10-13(2)20(16(5)22)14(3)19(12)11-23-18-8-6-17(7-9-18)15(4)21/h6-10H,11H2,1-5H3. The number of ether oxygens (including phenoxy) is 1. The zero-order valence-electron chi connectivity index (χ0n) is 14.3. The number of hydrogen-bond acceptors (Lipinski definition) is 3. The van der Waals surface area contributed by atoms with Crippen molar-refractivity contribution >= 4 is 11.6 Å². The van der Waals surface area contributed by atoms with Gasteiger partial charge in [-0.15, -0.1) is 0 Å². The highest BCUT2D eigenvalue weighted by molar-refractivity contribution is 5.97. The number of Topliss-reactive ketones (excluding diaryl/α,β-unsaturated/α-hetero) is 2. The fourth-order valence-electron chi connectivity index (χ4n) is 2.93. The summed E-state index contributed by atoms with van der Waals surface area (Å²) in [6.07, 6.45) is 0. The van der Waals surface area contributed by atoms with E-state index in [2.05, 4.69) is 0 Å². The Kier molecular flexibility index (Phi) is 4.99. The molecule has 0 radical (unpaired) electrons. The number of hydrogen-bond donors (Lipinski definition) is 0. The molecule has 0 saturated carbocycles. The molecule has 2 rings (SSSR count). The second kappa shape index (κ2) is 6.78. The second-order valence-electron chi connectivity index (χ2n) is 5.91. The number of carbonyl (C=O) groups excluding carboxylic acids is 2. The van der Waals surface area contributed by atoms with Gasteiger partial charge in [0.05, 0.1) is 0 Å². The molecular weight excluding hydrogens is 288 g/mol. The van der Waals surface area contributed by atoms with Crippen molar-refractivity contribution in [2.75, 3.05) is 0 Å². The SMILES string of the molecule is CC(=O)c1ccc(OCc2c(C)cc(C)c(C(C)=O)c2C)cc1. The zero-order chi connectivity index (χ0) is 17.1. The molecule has 0 spiro atoms. The summed E-state index contributed by atoms with van der Waals surface area (Å²) in [6.45, 7) is 9.49. The van der Waals surface area contributed by atoms with Crippen molar-refractivity contribution in [3.63, 3.8) is 0 Å². The minimum absolute atomic E-state index is 0.0351. The van der Waals surface area contributed by atoms with Crippen LogP contribution in [0.2, 0.25) is 0 Å². The Balaban J connectivity index is 2.25. The van der Waals surface area contributed by atoms with Gasteiger partial charge in [-0.1, -0.05) is 6.07 Å². The number of carbonyl (C=O) groups is 2. The third-order valence-corrected chi connectivity index (χ3v) is 4.13. The summed E-state index contributed by atoms with van der Waals surface area (Å²) in [6, 6.07) is 9.13. The molecule has 23 heavy (non-hydrogen) atoms. The van der Waals surface area contributed by atoms with Gasteiger partial charge in [-0.05, 0) is 81.1 Å². The first-order chi connectivity index (χ1) is 10.8. The minimum atomic E-state index is 0.0351. The van der Waals surface area contributed by atoms with Gasteiger partial charge in [0, 0.05) is 11.1 Å². The Bertz CT molecular complexity index is 755. The molecule has 0 aliphatic heterocycles. The molecule has 2 aromatic carbocycles. The number of rotatable bonds is 5. The van der Waals surface area contributed by atoms with E-state index in [4.69, 9.17) is 4.74 Å². The average molecular weight is 310 g/mol. The maximum absolute atomic E-state index is 11.9. The second-order valence-corrected chi connectivity index (χ2v) is 5.91. The number of aryl methyl sites for hydroxylation is 2. The summed E-state index contributed by atoms with van der Waals surface area (Å²) >= 11 is 0. The van der Waals surface area contributed by atoms with E-state index in [1.807, 2.05) is 26.8 Å². The van der Waals surface area contributed by atoms with Crippen LogP contribution in [0, 0.1) is 20.8 Å². The van der Waals surface area contributed by atoms with E-state index in [0.717, 1.165) is 27.8 Å². The van der Waals surface area contributed by atoms with E-state index >= 15 is 0 Å². The van der Waals surface area contributed by atoms with Crippen LogP contribution in [-0.2, 0) is 6.61 Å². The topological polar surface area (TPSA) is 43.4 Å². The normalized spacial score (nSPS) is 10.5. The Morgan fingerprint density at radius 2 is 1.52 bits per heavy atom. The van der Waals surface area contributed by atoms with Gasteiger partial charge < -0.3 is 4.74 Å². The van der Waals surface area contributed by atoms with Crippen molar-refractivity contribution in [3.8, 4) is 5.75 Å². The van der Waals surface area contributed by atoms with E-state index in [-0.39, 0.29) is 11.6 Å². The molecule has 0 unspecified atom stereocenters. The average Bonchev–Trinajstić information content (AvgIpc) is 2.46. The molecule has 0 saturated heterocycles. The molecule has 2 aromatic rings. The Morgan fingerprint density at radius 3 is 2.04 bits per heavy atom. The molecule has 0 atom stereocenters. The molecule has 0 aliphatic carbocycles. The van der Waals surface area contributed by atoms with Crippen LogP contribution in [0.25, 0.3) is 0 Å². The molecule has 0 aromatic heterocycles. The molecule has 0 aliphatic rings. The van der Waals surface area contributed by atoms with Gasteiger partial charge in [0.1, 0.15) is 12.4 Å². The van der Waals surface area contributed by atoms with Crippen molar-refractivity contribution in [3.05, 3.63) is 63.7 Å². The van der Waals surface area contributed by atoms with Gasteiger partial charge in [-0.2, -0.15) is 0 Å². The highest BCUT2D eigenvalue weighted by atomic mass is 16.5. The smallest absolute Gasteiger partial charge is 0.160 e. The number of ketones is 2. The maximum atomic E-state index is 11.9. The van der Waals surface area contributed by atoms with Crippen molar-refractivity contribution in [2.45, 2.75) is 41.2 Å². The van der Waals surface area contributed by atoms with Gasteiger partial charge in [0.15, 0.2) is 11.6 Å². The monoisotopic (exact) mass is 310 g/mol. The van der Waals surface area contributed by atoms with Crippen LogP contribution in [0.15, 0.2) is 30.3 Å². The highest BCUT2D eigenvalue weighted by Crippen LogP contribution is 2.24. The van der Waals surface area contributed by atoms with Crippen molar-refractivity contribution in [1.82, 2.24) is 0 Å². The van der Waals surface area contributed by atoms with Crippen LogP contribution in [0.1, 0.15) is 56.8 Å². The van der Waals surface area contributed by atoms with Gasteiger partial charge in [0.2, 0.25) is 0 Å². The molecule has 120 valence electrons. The van der Waals surface area contributed by atoms with Gasteiger partial charge in [-0.25, -0.2) is 0 Å². The molecule has 0 N–H and O–H groups in total. The first-order valence-corrected chi connectivity index (χ1v) is 7.65. The fourth-order valence-corrected chi connectivity index (χ4v) is 2.93. The largest absolute Gasteiger partial charge is 0.489 e. The maximum Gasteiger partial charge on any atom is 0.160 e. The molecule has 0 amide bonds. The molecule has 3 nitrogen and oxygen atoms in total. The van der Waals surface area contributed by atoms with Crippen molar-refractivity contribution < 1.29 is 14.3 Å². The van der Waals surface area contributed by atoms with Crippen molar-refractivity contribution in [2.24, 2.45) is 0 Å². The lowest BCUT2D eigenvalue weighted by atomic mass is 9.92. The summed E-state index contributed by atoms with van der Waals surface area (Å²) in [7, 11) is 0. The van der Waals surface area contributed by atoms with E-state index in [9.17, 15) is 9.59 Å². The van der Waals surface area contributed by atoms with E-state index in [0.29, 0.717) is 17.9 Å². The zero-order valence-corrected chi connectivity index (χ0v) is 14.3. The fraction of sp³-hybridized carbons (Fsp3) is 0.300. The third-order valence-electron chi connectivity index (χ3n) is 4.13. The Labute approximate surface area is 137 Å². The first-order valence-electron chi connectivity index (χ1n) is 7.65. The molecule has 3 heteroatoms. The first kappa shape index (κ1) is 16.9. The van der Waals surface area contributed by atoms with Crippen LogP contribution in [-0.4, -0.2) is 11.6 Å². The summed E-state index contributed by atoms with van der Waals surface area (Å²) in [4.78, 5) is 23.1. The lowest BCUT2D eigenvalue weighted by molar-refractivity contribution is 0.100. The van der Waals surface area contributed by atoms with Crippen LogP contribution >= 0.6 is 0 Å². The predicted molar refractivity (Wildman–Crippen MR) is 91.4 cm³/mol. The lowest BCUT2D eigenvalue weighted by Gasteiger charge is -2.16. The third kappa shape index (κ3) is 3.67. The van der Waals surface area contributed by atoms with Gasteiger partial charge in [0.25, 0.3) is 0 Å². The molecule has 0 bridgehead atoms. The quantitative estimate of drug-likeness (QED) is 0.758. The summed E-state index contributed by atoms with van der Waals surface area (Å²) in [5, 5.41) is 0. The Hall–Kier alpha value is -2.42. The van der Waals surface area contributed by atoms with Crippen LogP contribution in [0.3, 0.4) is 0 Å². The van der Waals surface area contributed by atoms with E-state index in [1.165, 1.54) is 6.92 Å². The molecule has 0 fully saturated rings. The Morgan fingerprint density at radius 1 is 0.913 bits per heavy atom. The van der Waals surface area contributed by atoms with Crippen molar-refractivity contribution in [1.29, 1.82) is 0 Å². The predicted octanol–water partition coefficient (Wildman–Crippen LogP) is 4.60. The van der Waals surface area contributed by atoms with Crippen LogP contribution < -0.4 is 4.74 Å². The number of benzene rings is 2. The molecular formula is C20H22O3. The summed E-state index contributed by atoms with van der Waals surface area (Å²) in [5.74, 6) is 0.818. The minimum Gasteiger partial charge on any atom is -0.489 e. The van der Waals surface area contributed by atoms with Gasteiger partial charge in [-0.3, -0.25) is 9.59 Å². The highest BCUT2D eigenvalue weighted by Gasteiger charge is 2.14. The summed E-state index contributed by atoms with van der Waals surface area (Å²) < 4.78 is 5.84. The van der Waals surface area contributed by atoms with Gasteiger partial charge >= 0.3 is 0 Å². The lowest BCUT2D eigenvalue weighted by Crippen LogP contribution is -2.08. The van der Waals surface area contributed by atoms with Crippen LogP contribution in [0.5, 0.6) is 5.75 Å². The summed E-state index contributed by atoms with van der Waals surface area (Å²) in [5.41, 5.74) is 5.58. The van der Waals surface area contributed by atoms with E-state index < -0.39 is 0 Å². The van der Waals surface area contributed by atoms with Crippen LogP contribution in [0.4, 0.5) is 0 Å². The van der Waals surface area contributed by atoms with E-state index in [1.54, 1.807) is 31.2 Å². The molecule has 0 heterocycles.